The van der Waals surface area contributed by atoms with Crippen LogP contribution in [0.5, 0.6) is 0 Å². The summed E-state index contributed by atoms with van der Waals surface area (Å²) in [6.07, 6.45) is 4.95. The monoisotopic (exact) mass is 392 g/mol. The third kappa shape index (κ3) is 4.61. The van der Waals surface area contributed by atoms with Crippen molar-refractivity contribution in [2.24, 2.45) is 5.41 Å². The lowest BCUT2D eigenvalue weighted by atomic mass is 9.89. The van der Waals surface area contributed by atoms with Crippen LogP contribution >= 0.6 is 12.4 Å². The van der Waals surface area contributed by atoms with Gasteiger partial charge in [0.15, 0.2) is 0 Å². The van der Waals surface area contributed by atoms with E-state index in [0.29, 0.717) is 17.2 Å². The Morgan fingerprint density at radius 3 is 2.59 bits per heavy atom. The molecule has 0 unspecified atom stereocenters. The Kier molecular flexibility index (Phi) is 5.77. The summed E-state index contributed by atoms with van der Waals surface area (Å²) in [5, 5.41) is 11.6. The number of aromatic nitrogens is 2. The molecule has 0 atom stereocenters. The molecule has 1 saturated carbocycles. The van der Waals surface area contributed by atoms with E-state index in [1.807, 2.05) is 6.07 Å². The van der Waals surface area contributed by atoms with Crippen LogP contribution in [0.1, 0.15) is 74.1 Å². The molecule has 0 bridgehead atoms. The Hall–Kier alpha value is -1.66. The molecule has 6 nitrogen and oxygen atoms in total. The number of hydrogen-bond donors (Lipinski definition) is 2. The average Bonchev–Trinajstić information content (AvgIpc) is 3.37. The minimum atomic E-state index is -0.0236. The van der Waals surface area contributed by atoms with Gasteiger partial charge in [-0.1, -0.05) is 25.9 Å². The lowest BCUT2D eigenvalue weighted by molar-refractivity contribution is 0.0931. The van der Waals surface area contributed by atoms with Gasteiger partial charge in [0.05, 0.1) is 16.6 Å². The number of nitrogens with one attached hydrogen (secondary N) is 2. The molecule has 2 aliphatic rings. The van der Waals surface area contributed by atoms with Crippen molar-refractivity contribution in [1.82, 2.24) is 20.8 Å². The molecule has 2 aromatic heterocycles. The third-order valence-corrected chi connectivity index (χ3v) is 5.15. The number of carbonyl (C=O) groups is 1. The first-order valence-electron chi connectivity index (χ1n) is 9.71. The van der Waals surface area contributed by atoms with Gasteiger partial charge in [-0.05, 0) is 56.7 Å². The van der Waals surface area contributed by atoms with Crippen LogP contribution in [-0.2, 0) is 6.42 Å². The number of amides is 1. The van der Waals surface area contributed by atoms with Crippen LogP contribution in [0.15, 0.2) is 10.6 Å². The summed E-state index contributed by atoms with van der Waals surface area (Å²) in [4.78, 5) is 17.8. The lowest BCUT2D eigenvalue weighted by Gasteiger charge is -2.24. The van der Waals surface area contributed by atoms with Crippen molar-refractivity contribution in [3.8, 4) is 0 Å². The van der Waals surface area contributed by atoms with Crippen molar-refractivity contribution in [3.63, 3.8) is 0 Å². The fourth-order valence-corrected chi connectivity index (χ4v) is 3.65. The van der Waals surface area contributed by atoms with Gasteiger partial charge in [-0.2, -0.15) is 0 Å². The number of nitrogens with zero attached hydrogens (tertiary/aromatic N) is 2. The molecule has 0 radical (unpaired) electrons. The molecule has 0 aromatic carbocycles. The van der Waals surface area contributed by atoms with E-state index in [1.54, 1.807) is 0 Å². The molecule has 0 spiro atoms. The first kappa shape index (κ1) is 20.1. The molecule has 4 rings (SSSR count). The molecule has 3 heterocycles. The second-order valence-corrected chi connectivity index (χ2v) is 8.91. The second-order valence-electron chi connectivity index (χ2n) is 8.91. The van der Waals surface area contributed by atoms with Gasteiger partial charge in [-0.15, -0.1) is 12.4 Å². The Morgan fingerprint density at radius 1 is 1.26 bits per heavy atom. The minimum absolute atomic E-state index is 0. The van der Waals surface area contributed by atoms with Crippen molar-refractivity contribution < 1.29 is 9.32 Å². The highest BCUT2D eigenvalue weighted by atomic mass is 35.5. The maximum Gasteiger partial charge on any atom is 0.259 e. The van der Waals surface area contributed by atoms with Gasteiger partial charge >= 0.3 is 0 Å². The molecule has 1 amide bonds. The molecule has 27 heavy (non-hydrogen) atoms. The Bertz CT molecular complexity index is 817. The summed E-state index contributed by atoms with van der Waals surface area (Å²) in [6.45, 7) is 8.38. The maximum absolute atomic E-state index is 13.1. The lowest BCUT2D eigenvalue weighted by Crippen LogP contribution is -2.42. The quantitative estimate of drug-likeness (QED) is 0.831. The molecule has 2 aromatic rings. The van der Waals surface area contributed by atoms with Gasteiger partial charge < -0.3 is 15.2 Å². The molecule has 1 aliphatic carbocycles. The van der Waals surface area contributed by atoms with E-state index in [9.17, 15) is 4.79 Å². The zero-order valence-corrected chi connectivity index (χ0v) is 17.1. The van der Waals surface area contributed by atoms with Crippen molar-refractivity contribution >= 4 is 29.4 Å². The summed E-state index contributed by atoms with van der Waals surface area (Å²) in [5.74, 6) is 0.436. The standard InChI is InChI=1S/C20H28N4O2.ClH/c1-20(2,3)11-16-17-14(18(25)22-13-6-8-21-9-7-13)10-15(12-4-5-12)23-19(17)26-24-16;/h10,12-13,21H,4-9,11H2,1-3H3,(H,22,25);1H. The molecule has 2 fully saturated rings. The first-order valence-corrected chi connectivity index (χ1v) is 9.71. The largest absolute Gasteiger partial charge is 0.349 e. The zero-order valence-electron chi connectivity index (χ0n) is 16.3. The maximum atomic E-state index is 13.1. The van der Waals surface area contributed by atoms with Gasteiger partial charge in [-0.25, -0.2) is 4.98 Å². The predicted molar refractivity (Wildman–Crippen MR) is 108 cm³/mol. The number of pyridine rings is 1. The molecule has 1 aliphatic heterocycles. The SMILES string of the molecule is CC(C)(C)Cc1noc2nc(C3CC3)cc(C(=O)NC3CCNCC3)c12.Cl. The van der Waals surface area contributed by atoms with Crippen LogP contribution in [0.2, 0.25) is 0 Å². The van der Waals surface area contributed by atoms with Gasteiger partial charge in [0, 0.05) is 17.7 Å². The fraction of sp³-hybridized carbons (Fsp3) is 0.650. The van der Waals surface area contributed by atoms with Crippen LogP contribution in [0.4, 0.5) is 0 Å². The van der Waals surface area contributed by atoms with Crippen LogP contribution in [0.3, 0.4) is 0 Å². The Morgan fingerprint density at radius 2 is 1.96 bits per heavy atom. The number of fused-ring (bicyclic) bond motifs is 1. The Balaban J connectivity index is 0.00000210. The van der Waals surface area contributed by atoms with Gasteiger partial charge in [0.1, 0.15) is 0 Å². The second kappa shape index (κ2) is 7.76. The number of halogens is 1. The molecule has 1 saturated heterocycles. The minimum Gasteiger partial charge on any atom is -0.349 e. The van der Waals surface area contributed by atoms with E-state index in [4.69, 9.17) is 4.52 Å². The third-order valence-electron chi connectivity index (χ3n) is 5.15. The number of carbonyl (C=O) groups excluding carboxylic acids is 1. The van der Waals surface area contributed by atoms with Crippen LogP contribution < -0.4 is 10.6 Å². The van der Waals surface area contributed by atoms with Gasteiger partial charge in [0.25, 0.3) is 11.6 Å². The summed E-state index contributed by atoms with van der Waals surface area (Å²) < 4.78 is 5.54. The first-order chi connectivity index (χ1) is 12.4. The molecular formula is C20H29ClN4O2. The van der Waals surface area contributed by atoms with Crippen molar-refractivity contribution in [1.29, 1.82) is 0 Å². The molecule has 7 heteroatoms. The highest BCUT2D eigenvalue weighted by molar-refractivity contribution is 6.06. The molecule has 2 N–H and O–H groups in total. The smallest absolute Gasteiger partial charge is 0.259 e. The van der Waals surface area contributed by atoms with Crippen LogP contribution in [-0.4, -0.2) is 35.2 Å². The number of piperidine rings is 1. The summed E-state index contributed by atoms with van der Waals surface area (Å²) in [7, 11) is 0. The zero-order chi connectivity index (χ0) is 18.3. The van der Waals surface area contributed by atoms with E-state index in [1.165, 1.54) is 0 Å². The van der Waals surface area contributed by atoms with Gasteiger partial charge in [-0.3, -0.25) is 4.79 Å². The summed E-state index contributed by atoms with van der Waals surface area (Å²) >= 11 is 0. The Labute approximate surface area is 166 Å². The average molecular weight is 393 g/mol. The van der Waals surface area contributed by atoms with E-state index in [0.717, 1.165) is 62.0 Å². The van der Waals surface area contributed by atoms with E-state index in [-0.39, 0.29) is 29.8 Å². The van der Waals surface area contributed by atoms with Crippen LogP contribution in [0.25, 0.3) is 11.1 Å². The van der Waals surface area contributed by atoms with E-state index < -0.39 is 0 Å². The highest BCUT2D eigenvalue weighted by Crippen LogP contribution is 2.41. The molecule has 148 valence electrons. The topological polar surface area (TPSA) is 80.0 Å². The van der Waals surface area contributed by atoms with Crippen molar-refractivity contribution in [2.45, 2.75) is 64.8 Å². The summed E-state index contributed by atoms with van der Waals surface area (Å²) in [6, 6.07) is 2.20. The number of hydrogen-bond acceptors (Lipinski definition) is 5. The van der Waals surface area contributed by atoms with E-state index in [2.05, 4.69) is 41.5 Å². The van der Waals surface area contributed by atoms with Crippen molar-refractivity contribution in [3.05, 3.63) is 23.0 Å². The highest BCUT2D eigenvalue weighted by Gasteiger charge is 2.30. The molecular weight excluding hydrogens is 364 g/mol. The number of rotatable bonds is 4. The fourth-order valence-electron chi connectivity index (χ4n) is 3.65. The van der Waals surface area contributed by atoms with E-state index >= 15 is 0 Å². The normalized spacial score (nSPS) is 18.3. The van der Waals surface area contributed by atoms with Crippen LogP contribution in [0, 0.1) is 5.41 Å². The van der Waals surface area contributed by atoms with Crippen molar-refractivity contribution in [2.75, 3.05) is 13.1 Å². The predicted octanol–water partition coefficient (Wildman–Crippen LogP) is 3.59. The van der Waals surface area contributed by atoms with Gasteiger partial charge in [0.2, 0.25) is 0 Å². The summed E-state index contributed by atoms with van der Waals surface area (Å²) in [5.41, 5.74) is 3.03.